The van der Waals surface area contributed by atoms with Crippen LogP contribution in [0.5, 0.6) is 5.75 Å². The molecule has 2 aromatic carbocycles. The second kappa shape index (κ2) is 12.0. The number of ether oxygens (including phenoxy) is 2. The van der Waals surface area contributed by atoms with Crippen LogP contribution in [0.4, 0.5) is 9.59 Å². The highest BCUT2D eigenvalue weighted by atomic mass is 16.7. The first-order valence-corrected chi connectivity index (χ1v) is 9.36. The molecule has 10 nitrogen and oxygen atoms in total. The van der Waals surface area contributed by atoms with Gasteiger partial charge in [0.2, 0.25) is 0 Å². The normalized spacial score (nSPS) is 11.2. The summed E-state index contributed by atoms with van der Waals surface area (Å²) < 4.78 is 10.8. The van der Waals surface area contributed by atoms with Crippen LogP contribution in [0.2, 0.25) is 0 Å². The van der Waals surface area contributed by atoms with Crippen LogP contribution in [-0.4, -0.2) is 55.1 Å². The Kier molecular flexibility index (Phi) is 9.12. The van der Waals surface area contributed by atoms with E-state index in [9.17, 15) is 14.4 Å². The molecule has 166 valence electrons. The Balaban J connectivity index is 1.93. The summed E-state index contributed by atoms with van der Waals surface area (Å²) in [7, 11) is 2.74. The van der Waals surface area contributed by atoms with E-state index in [1.54, 1.807) is 24.3 Å². The lowest BCUT2D eigenvalue weighted by Gasteiger charge is -2.22. The first-order chi connectivity index (χ1) is 14.9. The highest BCUT2D eigenvalue weighted by molar-refractivity contribution is 5.85. The molecule has 0 saturated carbocycles. The van der Waals surface area contributed by atoms with Crippen LogP contribution < -0.4 is 15.4 Å². The predicted octanol–water partition coefficient (Wildman–Crippen LogP) is 2.15. The van der Waals surface area contributed by atoms with Gasteiger partial charge in [-0.25, -0.2) is 14.7 Å². The van der Waals surface area contributed by atoms with E-state index >= 15 is 0 Å². The van der Waals surface area contributed by atoms with Gasteiger partial charge < -0.3 is 25.2 Å². The summed E-state index contributed by atoms with van der Waals surface area (Å²) in [6.45, 7) is 0.0459. The smallest absolute Gasteiger partial charge is 0.408 e. The van der Waals surface area contributed by atoms with Crippen molar-refractivity contribution < 1.29 is 33.8 Å². The summed E-state index contributed by atoms with van der Waals surface area (Å²) in [5.41, 5.74) is 1.55. The molecule has 2 aromatic rings. The van der Waals surface area contributed by atoms with E-state index in [4.69, 9.17) is 19.4 Å². The average molecular weight is 431 g/mol. The number of carbonyl (C=O) groups excluding carboxylic acids is 2. The van der Waals surface area contributed by atoms with E-state index < -0.39 is 24.1 Å². The third-order valence-corrected chi connectivity index (χ3v) is 4.17. The van der Waals surface area contributed by atoms with Crippen molar-refractivity contribution in [2.24, 2.45) is 0 Å². The van der Waals surface area contributed by atoms with Gasteiger partial charge in [-0.15, -0.1) is 0 Å². The van der Waals surface area contributed by atoms with Crippen LogP contribution in [0.15, 0.2) is 54.6 Å². The number of hydrogen-bond acceptors (Lipinski definition) is 6. The maximum Gasteiger partial charge on any atom is 0.408 e. The van der Waals surface area contributed by atoms with Crippen molar-refractivity contribution in [3.63, 3.8) is 0 Å². The molecule has 0 aliphatic heterocycles. The Labute approximate surface area is 179 Å². The minimum absolute atomic E-state index is 0.0560. The Morgan fingerprint density at radius 1 is 1.03 bits per heavy atom. The summed E-state index contributed by atoms with van der Waals surface area (Å²) in [6, 6.07) is 14.7. The van der Waals surface area contributed by atoms with Gasteiger partial charge in [-0.2, -0.15) is 0 Å². The molecule has 31 heavy (non-hydrogen) atoms. The van der Waals surface area contributed by atoms with Gasteiger partial charge in [0.1, 0.15) is 25.0 Å². The fourth-order valence-electron chi connectivity index (χ4n) is 2.45. The van der Waals surface area contributed by atoms with E-state index in [0.717, 1.165) is 16.2 Å². The first kappa shape index (κ1) is 23.5. The van der Waals surface area contributed by atoms with Crippen molar-refractivity contribution in [3.05, 3.63) is 65.7 Å². The number of alkyl carbamates (subject to hydrolysis) is 1. The van der Waals surface area contributed by atoms with Gasteiger partial charge in [-0.3, -0.25) is 9.63 Å². The Bertz CT molecular complexity index is 859. The zero-order valence-electron chi connectivity index (χ0n) is 17.2. The van der Waals surface area contributed by atoms with Crippen molar-refractivity contribution in [3.8, 4) is 5.75 Å². The molecule has 3 N–H and O–H groups in total. The van der Waals surface area contributed by atoms with Gasteiger partial charge in [-0.05, 0) is 23.3 Å². The van der Waals surface area contributed by atoms with Crippen molar-refractivity contribution in [2.45, 2.75) is 19.2 Å². The molecule has 0 aromatic heterocycles. The second-order valence-electron chi connectivity index (χ2n) is 6.39. The van der Waals surface area contributed by atoms with Crippen molar-refractivity contribution >= 4 is 18.1 Å². The fourth-order valence-corrected chi connectivity index (χ4v) is 2.45. The lowest BCUT2D eigenvalue weighted by atomic mass is 10.2. The Morgan fingerprint density at radius 3 is 2.32 bits per heavy atom. The van der Waals surface area contributed by atoms with Gasteiger partial charge >= 0.3 is 12.2 Å². The topological polar surface area (TPSA) is 126 Å². The average Bonchev–Trinajstić information content (AvgIpc) is 2.79. The monoisotopic (exact) mass is 431 g/mol. The number of amides is 3. The third kappa shape index (κ3) is 8.23. The minimum atomic E-state index is -1.12. The van der Waals surface area contributed by atoms with Gasteiger partial charge in [-0.1, -0.05) is 42.5 Å². The van der Waals surface area contributed by atoms with Gasteiger partial charge in [0, 0.05) is 13.6 Å². The second-order valence-corrected chi connectivity index (χ2v) is 6.39. The number of rotatable bonds is 10. The van der Waals surface area contributed by atoms with Crippen LogP contribution in [-0.2, 0) is 27.5 Å². The lowest BCUT2D eigenvalue weighted by Crippen LogP contribution is -2.50. The first-order valence-electron chi connectivity index (χ1n) is 9.36. The van der Waals surface area contributed by atoms with Crippen molar-refractivity contribution in [2.75, 3.05) is 20.8 Å². The number of hydrogen-bond donors (Lipinski definition) is 3. The number of nitrogens with one attached hydrogen (secondary N) is 2. The van der Waals surface area contributed by atoms with E-state index in [2.05, 4.69) is 10.6 Å². The van der Waals surface area contributed by atoms with E-state index in [1.165, 1.54) is 14.2 Å². The van der Waals surface area contributed by atoms with Crippen molar-refractivity contribution in [1.29, 1.82) is 0 Å². The third-order valence-electron chi connectivity index (χ3n) is 4.17. The van der Waals surface area contributed by atoms with Crippen LogP contribution in [0.25, 0.3) is 0 Å². The number of nitrogens with zero attached hydrogens (tertiary/aromatic N) is 1. The van der Waals surface area contributed by atoms with Crippen LogP contribution in [0, 0.1) is 0 Å². The summed E-state index contributed by atoms with van der Waals surface area (Å²) in [4.78, 5) is 40.1. The molecule has 10 heteroatoms. The maximum absolute atomic E-state index is 12.5. The maximum atomic E-state index is 12.5. The molecule has 2 rings (SSSR count). The quantitative estimate of drug-likeness (QED) is 0.492. The summed E-state index contributed by atoms with van der Waals surface area (Å²) >= 11 is 0. The summed E-state index contributed by atoms with van der Waals surface area (Å²) in [6.07, 6.45) is -1.89. The largest absolute Gasteiger partial charge is 0.491 e. The molecule has 0 saturated heterocycles. The molecule has 1 atom stereocenters. The molecule has 0 unspecified atom stereocenters. The molecule has 3 amide bonds. The van der Waals surface area contributed by atoms with Crippen molar-refractivity contribution in [1.82, 2.24) is 15.7 Å². The molecule has 0 radical (unpaired) electrons. The Morgan fingerprint density at radius 2 is 1.71 bits per heavy atom. The predicted molar refractivity (Wildman–Crippen MR) is 110 cm³/mol. The highest BCUT2D eigenvalue weighted by Crippen LogP contribution is 2.13. The number of benzene rings is 2. The molecular formula is C21H25N3O7. The Hall–Kier alpha value is -3.79. The molecule has 0 aliphatic carbocycles. The van der Waals surface area contributed by atoms with Crippen LogP contribution in [0.1, 0.15) is 11.1 Å². The molecule has 0 fully saturated rings. The SMILES string of the molecule is CON(C)C(=O)[C@H](COc1ccc(CNC(=O)O)cc1)NC(=O)OCc1ccccc1. The molecule has 0 aliphatic rings. The number of likely N-dealkylation sites (N-methyl/N-ethyl adjacent to an activating group) is 1. The van der Waals surface area contributed by atoms with Crippen LogP contribution in [0.3, 0.4) is 0 Å². The van der Waals surface area contributed by atoms with Gasteiger partial charge in [0.25, 0.3) is 5.91 Å². The zero-order valence-corrected chi connectivity index (χ0v) is 17.2. The minimum Gasteiger partial charge on any atom is -0.491 e. The lowest BCUT2D eigenvalue weighted by molar-refractivity contribution is -0.171. The number of hydroxylamine groups is 2. The van der Waals surface area contributed by atoms with E-state index in [1.807, 2.05) is 30.3 Å². The number of carboxylic acid groups (broad SMARTS) is 1. The molecule has 0 spiro atoms. The molecule has 0 bridgehead atoms. The van der Waals surface area contributed by atoms with E-state index in [0.29, 0.717) is 5.75 Å². The standard InChI is InChI=1S/C21H25N3O7/c1-24(29-2)19(25)18(23-21(28)31-13-16-6-4-3-5-7-16)14-30-17-10-8-15(9-11-17)12-22-20(26)27/h3-11,18,22H,12-14H2,1-2H3,(H,23,28)(H,26,27)/t18-/m0/s1. The van der Waals surface area contributed by atoms with E-state index in [-0.39, 0.29) is 19.8 Å². The fraction of sp³-hybridized carbons (Fsp3) is 0.286. The molecular weight excluding hydrogens is 406 g/mol. The highest BCUT2D eigenvalue weighted by Gasteiger charge is 2.26. The van der Waals surface area contributed by atoms with Gasteiger partial charge in [0.15, 0.2) is 0 Å². The van der Waals surface area contributed by atoms with Gasteiger partial charge in [0.05, 0.1) is 7.11 Å². The number of carbonyl (C=O) groups is 3. The van der Waals surface area contributed by atoms with Crippen LogP contribution >= 0.6 is 0 Å². The molecule has 0 heterocycles. The summed E-state index contributed by atoms with van der Waals surface area (Å²) in [5.74, 6) is -0.0853. The summed E-state index contributed by atoms with van der Waals surface area (Å²) in [5, 5.41) is 14.4. The zero-order chi connectivity index (χ0) is 22.6.